The van der Waals surface area contributed by atoms with E-state index >= 15 is 0 Å². The van der Waals surface area contributed by atoms with Gasteiger partial charge in [0.15, 0.2) is 11.5 Å². The van der Waals surface area contributed by atoms with Crippen LogP contribution in [0.15, 0.2) is 41.5 Å². The van der Waals surface area contributed by atoms with Crippen LogP contribution in [0.1, 0.15) is 18.1 Å². The molecule has 8 heteroatoms. The molecular weight excluding hydrogens is 357 g/mol. The standard InChI is InChI=1S/C17H16ClF3N2O2/c1-3-25-16-14(18)7-11(8-15(16)24-2)10-22-23-13-6-4-5-12(9-13)17(19,20)21/h4-10,23H,3H2,1-2H3. The lowest BCUT2D eigenvalue weighted by molar-refractivity contribution is -0.137. The summed E-state index contributed by atoms with van der Waals surface area (Å²) in [6, 6.07) is 8.03. The molecule has 0 bridgehead atoms. The third-order valence-corrected chi connectivity index (χ3v) is 3.42. The number of hydrogen-bond donors (Lipinski definition) is 1. The van der Waals surface area contributed by atoms with E-state index in [2.05, 4.69) is 10.5 Å². The van der Waals surface area contributed by atoms with Gasteiger partial charge in [-0.25, -0.2) is 0 Å². The van der Waals surface area contributed by atoms with Crippen LogP contribution in [0, 0.1) is 0 Å². The molecule has 0 atom stereocenters. The Kier molecular flexibility index (Phi) is 6.14. The highest BCUT2D eigenvalue weighted by Crippen LogP contribution is 2.36. The molecule has 25 heavy (non-hydrogen) atoms. The molecule has 2 aromatic carbocycles. The predicted octanol–water partition coefficient (Wildman–Crippen LogP) is 5.21. The number of alkyl halides is 3. The van der Waals surface area contributed by atoms with Gasteiger partial charge in [0.05, 0.1) is 36.2 Å². The fourth-order valence-corrected chi connectivity index (χ4v) is 2.32. The van der Waals surface area contributed by atoms with Crippen molar-refractivity contribution in [2.24, 2.45) is 5.10 Å². The summed E-state index contributed by atoms with van der Waals surface area (Å²) in [5.74, 6) is 0.865. The van der Waals surface area contributed by atoms with E-state index in [1.54, 1.807) is 12.1 Å². The molecule has 1 N–H and O–H groups in total. The van der Waals surface area contributed by atoms with Crippen LogP contribution in [-0.4, -0.2) is 19.9 Å². The van der Waals surface area contributed by atoms with E-state index in [9.17, 15) is 13.2 Å². The van der Waals surface area contributed by atoms with E-state index in [1.807, 2.05) is 6.92 Å². The maximum Gasteiger partial charge on any atom is 0.416 e. The lowest BCUT2D eigenvalue weighted by Crippen LogP contribution is -2.05. The smallest absolute Gasteiger partial charge is 0.416 e. The van der Waals surface area contributed by atoms with Crippen LogP contribution in [0.3, 0.4) is 0 Å². The van der Waals surface area contributed by atoms with Gasteiger partial charge in [0.2, 0.25) is 0 Å². The van der Waals surface area contributed by atoms with Crippen molar-refractivity contribution in [2.45, 2.75) is 13.1 Å². The second kappa shape index (κ2) is 8.11. The van der Waals surface area contributed by atoms with E-state index in [1.165, 1.54) is 25.5 Å². The summed E-state index contributed by atoms with van der Waals surface area (Å²) in [5, 5.41) is 4.28. The van der Waals surface area contributed by atoms with Crippen LogP contribution < -0.4 is 14.9 Å². The van der Waals surface area contributed by atoms with Crippen molar-refractivity contribution in [3.05, 3.63) is 52.5 Å². The lowest BCUT2D eigenvalue weighted by atomic mass is 10.2. The summed E-state index contributed by atoms with van der Waals surface area (Å²) in [6.07, 6.45) is -2.98. The summed E-state index contributed by atoms with van der Waals surface area (Å²) < 4.78 is 48.7. The van der Waals surface area contributed by atoms with Gasteiger partial charge >= 0.3 is 6.18 Å². The molecule has 0 amide bonds. The first-order chi connectivity index (χ1) is 11.8. The van der Waals surface area contributed by atoms with Crippen LogP contribution in [0.4, 0.5) is 18.9 Å². The molecule has 0 aliphatic carbocycles. The molecule has 134 valence electrons. The van der Waals surface area contributed by atoms with Crippen molar-refractivity contribution in [3.8, 4) is 11.5 Å². The fraction of sp³-hybridized carbons (Fsp3) is 0.235. The monoisotopic (exact) mass is 372 g/mol. The highest BCUT2D eigenvalue weighted by Gasteiger charge is 2.30. The van der Waals surface area contributed by atoms with E-state index in [-0.39, 0.29) is 5.69 Å². The Morgan fingerprint density at radius 3 is 2.64 bits per heavy atom. The summed E-state index contributed by atoms with van der Waals surface area (Å²) in [7, 11) is 1.48. The average molecular weight is 373 g/mol. The highest BCUT2D eigenvalue weighted by molar-refractivity contribution is 6.32. The van der Waals surface area contributed by atoms with Crippen molar-refractivity contribution in [1.82, 2.24) is 0 Å². The number of methoxy groups -OCH3 is 1. The zero-order chi connectivity index (χ0) is 18.4. The fourth-order valence-electron chi connectivity index (χ4n) is 2.05. The Bertz CT molecular complexity index is 764. The van der Waals surface area contributed by atoms with Gasteiger partial charge in [-0.3, -0.25) is 5.43 Å². The van der Waals surface area contributed by atoms with Gasteiger partial charge < -0.3 is 9.47 Å². The van der Waals surface area contributed by atoms with Crippen LogP contribution in [-0.2, 0) is 6.18 Å². The minimum atomic E-state index is -4.41. The average Bonchev–Trinajstić information content (AvgIpc) is 2.56. The van der Waals surface area contributed by atoms with Crippen molar-refractivity contribution < 1.29 is 22.6 Å². The third kappa shape index (κ3) is 5.03. The van der Waals surface area contributed by atoms with Gasteiger partial charge in [-0.05, 0) is 42.8 Å². The van der Waals surface area contributed by atoms with Crippen molar-refractivity contribution in [2.75, 3.05) is 19.1 Å². The molecule has 0 saturated heterocycles. The second-order valence-electron chi connectivity index (χ2n) is 4.92. The Balaban J connectivity index is 2.16. The van der Waals surface area contributed by atoms with Gasteiger partial charge in [-0.1, -0.05) is 17.7 Å². The van der Waals surface area contributed by atoms with Crippen molar-refractivity contribution >= 4 is 23.5 Å². The molecule has 4 nitrogen and oxygen atoms in total. The van der Waals surface area contributed by atoms with Gasteiger partial charge in [0.25, 0.3) is 0 Å². The molecule has 2 rings (SSSR count). The maximum atomic E-state index is 12.7. The number of nitrogens with one attached hydrogen (secondary N) is 1. The third-order valence-electron chi connectivity index (χ3n) is 3.14. The van der Waals surface area contributed by atoms with Crippen LogP contribution in [0.2, 0.25) is 5.02 Å². The molecule has 0 aliphatic rings. The summed E-state index contributed by atoms with van der Waals surface area (Å²) in [6.45, 7) is 2.25. The number of hydrazone groups is 1. The predicted molar refractivity (Wildman–Crippen MR) is 91.8 cm³/mol. The highest BCUT2D eigenvalue weighted by atomic mass is 35.5. The molecule has 0 spiro atoms. The first-order valence-electron chi connectivity index (χ1n) is 7.31. The first-order valence-corrected chi connectivity index (χ1v) is 7.69. The summed E-state index contributed by atoms with van der Waals surface area (Å²) >= 11 is 6.15. The van der Waals surface area contributed by atoms with E-state index in [0.29, 0.717) is 28.7 Å². The Morgan fingerprint density at radius 2 is 2.00 bits per heavy atom. The number of ether oxygens (including phenoxy) is 2. The Morgan fingerprint density at radius 1 is 1.24 bits per heavy atom. The molecule has 0 aromatic heterocycles. The van der Waals surface area contributed by atoms with Crippen LogP contribution >= 0.6 is 11.6 Å². The lowest BCUT2D eigenvalue weighted by Gasteiger charge is -2.11. The number of anilines is 1. The largest absolute Gasteiger partial charge is 0.493 e. The summed E-state index contributed by atoms with van der Waals surface area (Å²) in [5.41, 5.74) is 2.62. The SMILES string of the molecule is CCOc1c(Cl)cc(C=NNc2cccc(C(F)(F)F)c2)cc1OC. The Hall–Kier alpha value is -2.41. The topological polar surface area (TPSA) is 42.8 Å². The molecule has 0 heterocycles. The zero-order valence-corrected chi connectivity index (χ0v) is 14.3. The minimum Gasteiger partial charge on any atom is -0.493 e. The number of halogens is 4. The van der Waals surface area contributed by atoms with Crippen LogP contribution in [0.25, 0.3) is 0 Å². The molecule has 0 saturated carbocycles. The molecular formula is C17H16ClF3N2O2. The molecule has 0 fully saturated rings. The quantitative estimate of drug-likeness (QED) is 0.559. The number of rotatable bonds is 6. The zero-order valence-electron chi connectivity index (χ0n) is 13.5. The van der Waals surface area contributed by atoms with Crippen molar-refractivity contribution in [1.29, 1.82) is 0 Å². The molecule has 2 aromatic rings. The molecule has 0 aliphatic heterocycles. The van der Waals surface area contributed by atoms with E-state index in [0.717, 1.165) is 12.1 Å². The van der Waals surface area contributed by atoms with Gasteiger partial charge in [-0.2, -0.15) is 18.3 Å². The number of benzene rings is 2. The molecule has 0 radical (unpaired) electrons. The van der Waals surface area contributed by atoms with E-state index < -0.39 is 11.7 Å². The Labute approximate surface area is 148 Å². The molecule has 0 unspecified atom stereocenters. The van der Waals surface area contributed by atoms with Gasteiger partial charge in [0.1, 0.15) is 0 Å². The minimum absolute atomic E-state index is 0.218. The maximum absolute atomic E-state index is 12.7. The van der Waals surface area contributed by atoms with E-state index in [4.69, 9.17) is 21.1 Å². The first kappa shape index (κ1) is 18.9. The van der Waals surface area contributed by atoms with Gasteiger partial charge in [0, 0.05) is 0 Å². The number of hydrogen-bond acceptors (Lipinski definition) is 4. The number of nitrogens with zero attached hydrogens (tertiary/aromatic N) is 1. The van der Waals surface area contributed by atoms with Gasteiger partial charge in [-0.15, -0.1) is 0 Å². The summed E-state index contributed by atoms with van der Waals surface area (Å²) in [4.78, 5) is 0. The van der Waals surface area contributed by atoms with Crippen LogP contribution in [0.5, 0.6) is 11.5 Å². The van der Waals surface area contributed by atoms with Crippen molar-refractivity contribution in [3.63, 3.8) is 0 Å². The second-order valence-corrected chi connectivity index (χ2v) is 5.32. The normalized spacial score (nSPS) is 11.6.